The third-order valence-corrected chi connectivity index (χ3v) is 5.78. The molecule has 0 bridgehead atoms. The lowest BCUT2D eigenvalue weighted by molar-refractivity contribution is -0.924. The van der Waals surface area contributed by atoms with Gasteiger partial charge in [0.2, 0.25) is 0 Å². The second-order valence-corrected chi connectivity index (χ2v) is 7.49. The number of nitrogens with one attached hydrogen (secondary N) is 1. The molecule has 0 radical (unpaired) electrons. The van der Waals surface area contributed by atoms with E-state index in [4.69, 9.17) is 4.98 Å². The van der Waals surface area contributed by atoms with E-state index in [1.54, 1.807) is 15.4 Å². The van der Waals surface area contributed by atoms with Crippen LogP contribution in [0.1, 0.15) is 43.4 Å². The van der Waals surface area contributed by atoms with Crippen molar-refractivity contribution in [2.45, 2.75) is 45.6 Å². The largest absolute Gasteiger partial charge is 0.330 e. The molecule has 3 atom stereocenters. The summed E-state index contributed by atoms with van der Waals surface area (Å²) in [6.45, 7) is 5.39. The Kier molecular flexibility index (Phi) is 3.93. The maximum absolute atomic E-state index is 12.3. The fourth-order valence-electron chi connectivity index (χ4n) is 4.56. The van der Waals surface area contributed by atoms with Gasteiger partial charge in [-0.2, -0.15) is 0 Å². The molecule has 0 aromatic carbocycles. The summed E-state index contributed by atoms with van der Waals surface area (Å²) in [6.07, 6.45) is 8.90. The zero-order valence-electron chi connectivity index (χ0n) is 13.9. The van der Waals surface area contributed by atoms with Crippen LogP contribution in [-0.4, -0.2) is 22.5 Å². The Morgan fingerprint density at radius 3 is 2.91 bits per heavy atom. The van der Waals surface area contributed by atoms with Crippen LogP contribution in [0.2, 0.25) is 0 Å². The van der Waals surface area contributed by atoms with Crippen molar-refractivity contribution < 1.29 is 4.90 Å². The third-order valence-electron chi connectivity index (χ3n) is 5.78. The van der Waals surface area contributed by atoms with E-state index in [-0.39, 0.29) is 5.56 Å². The number of aryl methyl sites for hydroxylation is 1. The minimum absolute atomic E-state index is 0.0423. The monoisotopic (exact) mass is 312 g/mol. The number of nitrogens with zero attached hydrogens (tertiary/aromatic N) is 2. The molecule has 4 rings (SSSR count). The lowest BCUT2D eigenvalue weighted by Crippen LogP contribution is -3.12. The molecular weight excluding hydrogens is 286 g/mol. The molecule has 23 heavy (non-hydrogen) atoms. The summed E-state index contributed by atoms with van der Waals surface area (Å²) in [5.74, 6) is 1.86. The Bertz CT molecular complexity index is 767. The van der Waals surface area contributed by atoms with Gasteiger partial charge in [0.15, 0.2) is 0 Å². The van der Waals surface area contributed by atoms with E-state index in [1.165, 1.54) is 45.2 Å². The molecule has 2 aromatic heterocycles. The van der Waals surface area contributed by atoms with Crippen LogP contribution in [0.25, 0.3) is 5.65 Å². The molecule has 1 N–H and O–H groups in total. The van der Waals surface area contributed by atoms with Crippen molar-refractivity contribution in [3.05, 3.63) is 46.0 Å². The lowest BCUT2D eigenvalue weighted by atomic mass is 9.75. The summed E-state index contributed by atoms with van der Waals surface area (Å²) >= 11 is 0. The number of aromatic nitrogens is 2. The van der Waals surface area contributed by atoms with Crippen molar-refractivity contribution in [3.8, 4) is 0 Å². The average molecular weight is 312 g/mol. The number of hydrogen-bond acceptors (Lipinski definition) is 2. The first-order valence-electron chi connectivity index (χ1n) is 9.01. The topological polar surface area (TPSA) is 38.8 Å². The molecule has 1 unspecified atom stereocenters. The molecule has 3 heterocycles. The number of hydrogen-bond donors (Lipinski definition) is 1. The number of fused-ring (bicyclic) bond motifs is 2. The highest BCUT2D eigenvalue weighted by molar-refractivity contribution is 5.39. The van der Waals surface area contributed by atoms with Gasteiger partial charge in [-0.1, -0.05) is 18.9 Å². The van der Waals surface area contributed by atoms with E-state index >= 15 is 0 Å². The molecule has 2 fully saturated rings. The summed E-state index contributed by atoms with van der Waals surface area (Å²) < 4.78 is 1.65. The highest BCUT2D eigenvalue weighted by atomic mass is 16.1. The molecule has 4 heteroatoms. The fraction of sp³-hybridized carbons (Fsp3) is 0.579. The predicted octanol–water partition coefficient (Wildman–Crippen LogP) is 1.60. The molecule has 1 aliphatic heterocycles. The van der Waals surface area contributed by atoms with Gasteiger partial charge in [0, 0.05) is 18.2 Å². The van der Waals surface area contributed by atoms with E-state index in [9.17, 15) is 4.79 Å². The summed E-state index contributed by atoms with van der Waals surface area (Å²) in [4.78, 5) is 18.7. The van der Waals surface area contributed by atoms with E-state index in [0.717, 1.165) is 35.3 Å². The number of quaternary nitrogens is 1. The number of pyridine rings is 1. The molecule has 0 amide bonds. The molecule has 1 saturated heterocycles. The van der Waals surface area contributed by atoms with E-state index < -0.39 is 0 Å². The first-order valence-corrected chi connectivity index (χ1v) is 9.01. The van der Waals surface area contributed by atoms with Crippen molar-refractivity contribution >= 4 is 5.65 Å². The van der Waals surface area contributed by atoms with E-state index in [1.807, 2.05) is 25.3 Å². The molecule has 1 aliphatic carbocycles. The van der Waals surface area contributed by atoms with Crippen LogP contribution < -0.4 is 10.5 Å². The Balaban J connectivity index is 1.53. The molecule has 1 saturated carbocycles. The SMILES string of the molecule is Cc1ccc2nc(C[NH+]3CC[C@@H]4CCCC[C@@H]4C3)cc(=O)n2c1. The summed E-state index contributed by atoms with van der Waals surface area (Å²) in [5, 5.41) is 0. The predicted molar refractivity (Wildman–Crippen MR) is 90.7 cm³/mol. The van der Waals surface area contributed by atoms with Crippen LogP contribution in [0, 0.1) is 18.8 Å². The smallest absolute Gasteiger partial charge is 0.258 e. The number of piperidine rings is 1. The minimum Gasteiger partial charge on any atom is -0.330 e. The first kappa shape index (κ1) is 14.9. The van der Waals surface area contributed by atoms with E-state index in [0.29, 0.717) is 0 Å². The summed E-state index contributed by atoms with van der Waals surface area (Å²) in [7, 11) is 0. The highest BCUT2D eigenvalue weighted by Gasteiger charge is 2.33. The van der Waals surface area contributed by atoms with Crippen LogP contribution in [0.4, 0.5) is 0 Å². The maximum Gasteiger partial charge on any atom is 0.258 e. The first-order chi connectivity index (χ1) is 11.2. The Labute approximate surface area is 137 Å². The normalized spacial score (nSPS) is 27.8. The molecule has 2 aromatic rings. The average Bonchev–Trinajstić information content (AvgIpc) is 2.55. The zero-order valence-corrected chi connectivity index (χ0v) is 13.9. The van der Waals surface area contributed by atoms with Crippen LogP contribution >= 0.6 is 0 Å². The van der Waals surface area contributed by atoms with Gasteiger partial charge in [0.25, 0.3) is 5.56 Å². The second kappa shape index (κ2) is 6.08. The van der Waals surface area contributed by atoms with Crippen LogP contribution in [-0.2, 0) is 6.54 Å². The van der Waals surface area contributed by atoms with Gasteiger partial charge < -0.3 is 4.90 Å². The van der Waals surface area contributed by atoms with Gasteiger partial charge in [0.05, 0.1) is 13.1 Å². The van der Waals surface area contributed by atoms with Crippen LogP contribution in [0.15, 0.2) is 29.2 Å². The van der Waals surface area contributed by atoms with Crippen molar-refractivity contribution in [2.75, 3.05) is 13.1 Å². The third kappa shape index (κ3) is 3.05. The standard InChI is InChI=1S/C19H25N3O/c1-14-6-7-18-20-17(10-19(23)22(18)11-14)13-21-9-8-15-4-2-3-5-16(15)12-21/h6-7,10-11,15-16H,2-5,8-9,12-13H2,1H3/p+1/t15-,16+/m0/s1. The van der Waals surface area contributed by atoms with Crippen LogP contribution in [0.5, 0.6) is 0 Å². The van der Waals surface area contributed by atoms with Crippen molar-refractivity contribution in [1.82, 2.24) is 9.38 Å². The van der Waals surface area contributed by atoms with Gasteiger partial charge >= 0.3 is 0 Å². The van der Waals surface area contributed by atoms with Crippen molar-refractivity contribution in [1.29, 1.82) is 0 Å². The van der Waals surface area contributed by atoms with Crippen molar-refractivity contribution in [3.63, 3.8) is 0 Å². The number of rotatable bonds is 2. The van der Waals surface area contributed by atoms with Gasteiger partial charge in [0.1, 0.15) is 17.9 Å². The summed E-state index contributed by atoms with van der Waals surface area (Å²) in [6, 6.07) is 5.70. The second-order valence-electron chi connectivity index (χ2n) is 7.49. The molecule has 2 aliphatic rings. The van der Waals surface area contributed by atoms with Crippen molar-refractivity contribution in [2.24, 2.45) is 11.8 Å². The van der Waals surface area contributed by atoms with Gasteiger partial charge in [-0.05, 0) is 43.7 Å². The Hall–Kier alpha value is -1.68. The quantitative estimate of drug-likeness (QED) is 0.915. The zero-order chi connectivity index (χ0) is 15.8. The van der Waals surface area contributed by atoms with Gasteiger partial charge in [-0.15, -0.1) is 0 Å². The maximum atomic E-state index is 12.3. The Morgan fingerprint density at radius 1 is 1.22 bits per heavy atom. The molecule has 122 valence electrons. The Morgan fingerprint density at radius 2 is 2.04 bits per heavy atom. The molecule has 0 spiro atoms. The van der Waals surface area contributed by atoms with Gasteiger partial charge in [-0.3, -0.25) is 9.20 Å². The fourth-order valence-corrected chi connectivity index (χ4v) is 4.56. The highest BCUT2D eigenvalue weighted by Crippen LogP contribution is 2.32. The lowest BCUT2D eigenvalue weighted by Gasteiger charge is -2.38. The number of likely N-dealkylation sites (tertiary alicyclic amines) is 1. The summed E-state index contributed by atoms with van der Waals surface area (Å²) in [5.41, 5.74) is 2.84. The van der Waals surface area contributed by atoms with Gasteiger partial charge in [-0.25, -0.2) is 4.98 Å². The molecular formula is C19H26N3O+. The molecule has 4 nitrogen and oxygen atoms in total. The van der Waals surface area contributed by atoms with Crippen LogP contribution in [0.3, 0.4) is 0 Å². The van der Waals surface area contributed by atoms with E-state index in [2.05, 4.69) is 0 Å². The minimum atomic E-state index is 0.0423.